The van der Waals surface area contributed by atoms with Gasteiger partial charge in [-0.3, -0.25) is 0 Å². The SMILES string of the molecule is C=C(O)CC(N)c1cc(-c2c(C)cc(C)cc2C)cc(F)c1F. The van der Waals surface area contributed by atoms with Gasteiger partial charge < -0.3 is 10.8 Å². The van der Waals surface area contributed by atoms with Gasteiger partial charge in [0.15, 0.2) is 11.6 Å². The van der Waals surface area contributed by atoms with Crippen LogP contribution in [0.25, 0.3) is 11.1 Å². The fraction of sp³-hybridized carbons (Fsp3) is 0.263. The predicted octanol–water partition coefficient (Wildman–Crippen LogP) is 5.02. The van der Waals surface area contributed by atoms with Crippen LogP contribution in [0.4, 0.5) is 8.78 Å². The molecule has 0 aliphatic rings. The maximum Gasteiger partial charge on any atom is 0.163 e. The van der Waals surface area contributed by atoms with Gasteiger partial charge in [0, 0.05) is 18.0 Å². The third-order valence-corrected chi connectivity index (χ3v) is 3.88. The zero-order valence-corrected chi connectivity index (χ0v) is 13.6. The van der Waals surface area contributed by atoms with Gasteiger partial charge in [0.2, 0.25) is 0 Å². The summed E-state index contributed by atoms with van der Waals surface area (Å²) in [5.74, 6) is -2.09. The molecule has 1 atom stereocenters. The van der Waals surface area contributed by atoms with Crippen molar-refractivity contribution in [2.75, 3.05) is 0 Å². The highest BCUT2D eigenvalue weighted by Gasteiger charge is 2.19. The smallest absolute Gasteiger partial charge is 0.163 e. The summed E-state index contributed by atoms with van der Waals surface area (Å²) in [4.78, 5) is 0. The molecule has 4 heteroatoms. The summed E-state index contributed by atoms with van der Waals surface area (Å²) in [5.41, 5.74) is 10.4. The third kappa shape index (κ3) is 3.59. The Morgan fingerprint density at radius 1 is 1.13 bits per heavy atom. The van der Waals surface area contributed by atoms with Crippen LogP contribution in [0.5, 0.6) is 0 Å². The minimum atomic E-state index is -0.982. The van der Waals surface area contributed by atoms with Crippen LogP contribution in [-0.4, -0.2) is 5.11 Å². The van der Waals surface area contributed by atoms with E-state index >= 15 is 0 Å². The van der Waals surface area contributed by atoms with E-state index in [1.54, 1.807) is 6.07 Å². The molecule has 0 aromatic heterocycles. The maximum atomic E-state index is 14.1. The molecule has 0 radical (unpaired) electrons. The van der Waals surface area contributed by atoms with E-state index in [0.717, 1.165) is 22.3 Å². The van der Waals surface area contributed by atoms with Gasteiger partial charge in [-0.2, -0.15) is 0 Å². The average Bonchev–Trinajstić information content (AvgIpc) is 2.40. The average molecular weight is 317 g/mol. The highest BCUT2D eigenvalue weighted by molar-refractivity contribution is 5.72. The van der Waals surface area contributed by atoms with Crippen molar-refractivity contribution >= 4 is 0 Å². The van der Waals surface area contributed by atoms with Crippen LogP contribution < -0.4 is 5.73 Å². The molecule has 0 aliphatic carbocycles. The lowest BCUT2D eigenvalue weighted by Crippen LogP contribution is -2.14. The molecule has 1 unspecified atom stereocenters. The highest BCUT2D eigenvalue weighted by Crippen LogP contribution is 2.33. The van der Waals surface area contributed by atoms with E-state index in [4.69, 9.17) is 5.73 Å². The van der Waals surface area contributed by atoms with Crippen molar-refractivity contribution in [3.8, 4) is 11.1 Å². The molecule has 2 aromatic carbocycles. The number of rotatable bonds is 4. The quantitative estimate of drug-likeness (QED) is 0.778. The summed E-state index contributed by atoms with van der Waals surface area (Å²) < 4.78 is 28.1. The lowest BCUT2D eigenvalue weighted by Gasteiger charge is -2.17. The number of hydrogen-bond donors (Lipinski definition) is 2. The van der Waals surface area contributed by atoms with E-state index in [1.807, 2.05) is 32.9 Å². The van der Waals surface area contributed by atoms with Crippen molar-refractivity contribution in [1.82, 2.24) is 0 Å². The lowest BCUT2D eigenvalue weighted by atomic mass is 9.91. The van der Waals surface area contributed by atoms with Crippen LogP contribution in [0.2, 0.25) is 0 Å². The molecule has 0 amide bonds. The van der Waals surface area contributed by atoms with Gasteiger partial charge in [0.1, 0.15) is 0 Å². The molecule has 23 heavy (non-hydrogen) atoms. The van der Waals surface area contributed by atoms with E-state index < -0.39 is 17.7 Å². The Morgan fingerprint density at radius 3 is 2.22 bits per heavy atom. The zero-order chi connectivity index (χ0) is 17.3. The second-order valence-electron chi connectivity index (χ2n) is 6.01. The molecule has 0 heterocycles. The van der Waals surface area contributed by atoms with Crippen LogP contribution >= 0.6 is 0 Å². The molecule has 0 saturated heterocycles. The number of benzene rings is 2. The van der Waals surface area contributed by atoms with Gasteiger partial charge in [0.25, 0.3) is 0 Å². The first-order valence-electron chi connectivity index (χ1n) is 7.40. The molecule has 2 nitrogen and oxygen atoms in total. The Morgan fingerprint density at radius 2 is 1.70 bits per heavy atom. The van der Waals surface area contributed by atoms with Crippen LogP contribution in [0.3, 0.4) is 0 Å². The third-order valence-electron chi connectivity index (χ3n) is 3.88. The Balaban J connectivity index is 2.62. The topological polar surface area (TPSA) is 46.2 Å². The van der Waals surface area contributed by atoms with Gasteiger partial charge in [-0.15, -0.1) is 0 Å². The van der Waals surface area contributed by atoms with E-state index in [0.29, 0.717) is 5.56 Å². The number of aryl methyl sites for hydroxylation is 3. The van der Waals surface area contributed by atoms with Crippen LogP contribution in [-0.2, 0) is 0 Å². The summed E-state index contributed by atoms with van der Waals surface area (Å²) >= 11 is 0. The highest BCUT2D eigenvalue weighted by atomic mass is 19.2. The molecule has 2 aromatic rings. The van der Waals surface area contributed by atoms with Crippen molar-refractivity contribution < 1.29 is 13.9 Å². The zero-order valence-electron chi connectivity index (χ0n) is 13.6. The fourth-order valence-corrected chi connectivity index (χ4v) is 3.02. The molecular weight excluding hydrogens is 296 g/mol. The molecule has 0 spiro atoms. The second kappa shape index (κ2) is 6.50. The number of nitrogens with two attached hydrogens (primary N) is 1. The maximum absolute atomic E-state index is 14.1. The minimum Gasteiger partial charge on any atom is -0.513 e. The number of halogens is 2. The molecular formula is C19H21F2NO. The van der Waals surface area contributed by atoms with Gasteiger partial charge in [-0.1, -0.05) is 24.3 Å². The second-order valence-corrected chi connectivity index (χ2v) is 6.01. The summed E-state index contributed by atoms with van der Waals surface area (Å²) in [6, 6.07) is 5.88. The van der Waals surface area contributed by atoms with Gasteiger partial charge in [-0.25, -0.2) is 8.78 Å². The van der Waals surface area contributed by atoms with Crippen molar-refractivity contribution in [2.24, 2.45) is 5.73 Å². The molecule has 0 aliphatic heterocycles. The van der Waals surface area contributed by atoms with Crippen molar-refractivity contribution in [2.45, 2.75) is 33.2 Å². The minimum absolute atomic E-state index is 0.0221. The summed E-state index contributed by atoms with van der Waals surface area (Å²) in [5, 5.41) is 9.26. The van der Waals surface area contributed by atoms with E-state index in [2.05, 4.69) is 6.58 Å². The Bertz CT molecular complexity index is 745. The van der Waals surface area contributed by atoms with Gasteiger partial charge in [0.05, 0.1) is 5.76 Å². The largest absolute Gasteiger partial charge is 0.513 e. The van der Waals surface area contributed by atoms with E-state index in [-0.39, 0.29) is 17.7 Å². The molecule has 122 valence electrons. The molecule has 3 N–H and O–H groups in total. The summed E-state index contributed by atoms with van der Waals surface area (Å²) in [7, 11) is 0. The van der Waals surface area contributed by atoms with Gasteiger partial charge in [-0.05, 0) is 55.2 Å². The first kappa shape index (κ1) is 17.2. The van der Waals surface area contributed by atoms with Crippen molar-refractivity contribution in [3.63, 3.8) is 0 Å². The van der Waals surface area contributed by atoms with Crippen molar-refractivity contribution in [3.05, 3.63) is 70.5 Å². The standard InChI is InChI=1S/C19H21F2NO/c1-10-5-11(2)18(12(3)6-10)14-8-15(17(22)7-13(4)23)19(21)16(20)9-14/h5-6,8-9,17,23H,4,7,22H2,1-3H3. The molecule has 0 saturated carbocycles. The van der Waals surface area contributed by atoms with Crippen LogP contribution in [0, 0.1) is 32.4 Å². The summed E-state index contributed by atoms with van der Waals surface area (Å²) in [6.45, 7) is 9.21. The number of aliphatic hydroxyl groups excluding tert-OH is 1. The van der Waals surface area contributed by atoms with Crippen molar-refractivity contribution in [1.29, 1.82) is 0 Å². The Hall–Kier alpha value is -2.20. The Labute approximate surface area is 135 Å². The van der Waals surface area contributed by atoms with Gasteiger partial charge >= 0.3 is 0 Å². The van der Waals surface area contributed by atoms with E-state index in [9.17, 15) is 13.9 Å². The Kier molecular flexibility index (Phi) is 4.85. The van der Waals surface area contributed by atoms with Crippen LogP contribution in [0.1, 0.15) is 34.7 Å². The first-order chi connectivity index (χ1) is 10.7. The lowest BCUT2D eigenvalue weighted by molar-refractivity contribution is 0.374. The van der Waals surface area contributed by atoms with E-state index in [1.165, 1.54) is 6.07 Å². The molecule has 0 fully saturated rings. The normalized spacial score (nSPS) is 12.3. The summed E-state index contributed by atoms with van der Waals surface area (Å²) in [6.07, 6.45) is -0.0221. The molecule has 0 bridgehead atoms. The fourth-order valence-electron chi connectivity index (χ4n) is 3.02. The monoisotopic (exact) mass is 317 g/mol. The first-order valence-corrected chi connectivity index (χ1v) is 7.40. The number of aliphatic hydroxyl groups is 1. The number of hydrogen-bond acceptors (Lipinski definition) is 2. The molecule has 2 rings (SSSR count). The van der Waals surface area contributed by atoms with Crippen LogP contribution in [0.15, 0.2) is 36.6 Å². The predicted molar refractivity (Wildman–Crippen MR) is 89.3 cm³/mol.